The van der Waals surface area contributed by atoms with Crippen LogP contribution in [0.4, 0.5) is 0 Å². The summed E-state index contributed by atoms with van der Waals surface area (Å²) in [5, 5.41) is 2.74. The molecule has 1 aliphatic rings. The van der Waals surface area contributed by atoms with Crippen molar-refractivity contribution in [1.29, 1.82) is 0 Å². The quantitative estimate of drug-likeness (QED) is 0.469. The summed E-state index contributed by atoms with van der Waals surface area (Å²) in [5.41, 5.74) is 0. The minimum Gasteiger partial charge on any atom is -0.303 e. The van der Waals surface area contributed by atoms with E-state index in [0.717, 1.165) is 0 Å². The van der Waals surface area contributed by atoms with Gasteiger partial charge in [0.15, 0.2) is 0 Å². The second-order valence-corrected chi connectivity index (χ2v) is 1.88. The van der Waals surface area contributed by atoms with Crippen LogP contribution in [-0.2, 0) is 0 Å². The molecule has 0 amide bonds. The highest BCUT2D eigenvalue weighted by Crippen LogP contribution is 1.97. The summed E-state index contributed by atoms with van der Waals surface area (Å²) < 4.78 is 29.5. The van der Waals surface area contributed by atoms with E-state index in [2.05, 4.69) is 5.29 Å². The molecule has 0 atom stereocenters. The summed E-state index contributed by atoms with van der Waals surface area (Å²) in [6, 6.07) is 0. The van der Waals surface area contributed by atoms with Gasteiger partial charge in [-0.25, -0.2) is 0 Å². The summed E-state index contributed by atoms with van der Waals surface area (Å²) >= 11 is 0. The molecule has 4 nitrogen and oxygen atoms in total. The lowest BCUT2D eigenvalue weighted by molar-refractivity contribution is 0.157. The fraction of sp³-hybridized carbons (Fsp3) is 1.00. The molecule has 0 aromatic rings. The van der Waals surface area contributed by atoms with Crippen LogP contribution in [0.5, 0.6) is 0 Å². The number of likely N-dealkylation sites (N-methyl/N-ethyl adjacent to an activating group) is 1. The summed E-state index contributed by atoms with van der Waals surface area (Å²) in [6.07, 6.45) is 0. The number of rotatable bonds is 1. The highest BCUT2D eigenvalue weighted by atomic mass is 16.3. The minimum absolute atomic E-state index is 0.0295. The second kappa shape index (κ2) is 2.77. The van der Waals surface area contributed by atoms with E-state index in [0.29, 0.717) is 5.01 Å². The highest BCUT2D eigenvalue weighted by molar-refractivity contribution is 4.64. The van der Waals surface area contributed by atoms with E-state index in [-0.39, 0.29) is 13.1 Å². The molecule has 0 spiro atoms. The SMILES string of the molecule is [2H]C1([2H])CN(C)CC([2H])([2H])N1N=O. The smallest absolute Gasteiger partial charge is 0.0526 e. The molecule has 0 aliphatic carbocycles. The van der Waals surface area contributed by atoms with E-state index in [1.165, 1.54) is 4.90 Å². The van der Waals surface area contributed by atoms with E-state index in [9.17, 15) is 4.91 Å². The highest BCUT2D eigenvalue weighted by Gasteiger charge is 2.11. The molecule has 1 saturated heterocycles. The second-order valence-electron chi connectivity index (χ2n) is 1.88. The number of hydrogen-bond donors (Lipinski definition) is 0. The lowest BCUT2D eigenvalue weighted by atomic mass is 10.4. The Balaban J connectivity index is 2.94. The molecule has 0 N–H and O–H groups in total. The van der Waals surface area contributed by atoms with E-state index in [4.69, 9.17) is 5.48 Å². The maximum atomic E-state index is 10.3. The van der Waals surface area contributed by atoms with Crippen LogP contribution in [0.15, 0.2) is 5.29 Å². The van der Waals surface area contributed by atoms with Crippen molar-refractivity contribution in [1.82, 2.24) is 9.91 Å². The third kappa shape index (κ3) is 1.64. The van der Waals surface area contributed by atoms with Gasteiger partial charge in [-0.05, 0) is 7.05 Å². The molecule has 0 bridgehead atoms. The average molecular weight is 133 g/mol. The van der Waals surface area contributed by atoms with Crippen molar-refractivity contribution < 1.29 is 5.48 Å². The summed E-state index contributed by atoms with van der Waals surface area (Å²) in [7, 11) is 1.60. The molecule has 1 rings (SSSR count). The molecule has 1 aliphatic heterocycles. The normalized spacial score (nSPS) is 39.9. The molecule has 0 aromatic carbocycles. The summed E-state index contributed by atoms with van der Waals surface area (Å²) in [6.45, 7) is -4.15. The first-order valence-corrected chi connectivity index (χ1v) is 2.62. The average Bonchev–Trinajstić information content (AvgIpc) is 1.79. The predicted octanol–water partition coefficient (Wildman–Crippen LogP) is -0.0848. The van der Waals surface area contributed by atoms with Gasteiger partial charge in [-0.3, -0.25) is 5.01 Å². The Kier molecular flexibility index (Phi) is 0.914. The topological polar surface area (TPSA) is 35.9 Å². The van der Waals surface area contributed by atoms with Crippen LogP contribution < -0.4 is 0 Å². The molecular formula is C5H11N3O. The monoisotopic (exact) mass is 133 g/mol. The largest absolute Gasteiger partial charge is 0.303 e. The summed E-state index contributed by atoms with van der Waals surface area (Å²) in [5.74, 6) is 0. The summed E-state index contributed by atoms with van der Waals surface area (Å²) in [4.78, 5) is 11.8. The Hall–Kier alpha value is -0.640. The Morgan fingerprint density at radius 3 is 2.56 bits per heavy atom. The maximum absolute atomic E-state index is 10.3. The van der Waals surface area contributed by atoms with Crippen molar-refractivity contribution in [3.63, 3.8) is 0 Å². The molecule has 9 heavy (non-hydrogen) atoms. The van der Waals surface area contributed by atoms with Crippen LogP contribution in [0, 0.1) is 4.91 Å². The number of piperazine rings is 1. The van der Waals surface area contributed by atoms with Crippen LogP contribution >= 0.6 is 0 Å². The van der Waals surface area contributed by atoms with Gasteiger partial charge in [0, 0.05) is 13.1 Å². The van der Waals surface area contributed by atoms with Gasteiger partial charge < -0.3 is 4.90 Å². The molecule has 0 aromatic heterocycles. The Bertz CT molecular complexity index is 204. The lowest BCUT2D eigenvalue weighted by Crippen LogP contribution is -2.41. The van der Waals surface area contributed by atoms with Crippen LogP contribution in [-0.4, -0.2) is 43.0 Å². The zero-order valence-electron chi connectivity index (χ0n) is 9.16. The van der Waals surface area contributed by atoms with Crippen molar-refractivity contribution in [3.8, 4) is 0 Å². The van der Waals surface area contributed by atoms with Gasteiger partial charge in [0.2, 0.25) is 0 Å². The Morgan fingerprint density at radius 1 is 1.56 bits per heavy atom. The van der Waals surface area contributed by atoms with Crippen molar-refractivity contribution in [2.24, 2.45) is 5.29 Å². The molecule has 0 radical (unpaired) electrons. The number of hydrogen-bond acceptors (Lipinski definition) is 3. The molecule has 1 fully saturated rings. The van der Waals surface area contributed by atoms with Gasteiger partial charge in [0.25, 0.3) is 0 Å². The third-order valence-electron chi connectivity index (χ3n) is 1.06. The molecule has 52 valence electrons. The van der Waals surface area contributed by atoms with Crippen LogP contribution in [0.2, 0.25) is 0 Å². The number of nitroso groups, excluding NO2 is 1. The van der Waals surface area contributed by atoms with Crippen molar-refractivity contribution in [3.05, 3.63) is 4.91 Å². The first-order valence-electron chi connectivity index (χ1n) is 4.62. The van der Waals surface area contributed by atoms with Crippen molar-refractivity contribution in [2.75, 3.05) is 33.1 Å². The van der Waals surface area contributed by atoms with E-state index in [1.807, 2.05) is 0 Å². The molecule has 4 heteroatoms. The lowest BCUT2D eigenvalue weighted by Gasteiger charge is -2.27. The van der Waals surface area contributed by atoms with Gasteiger partial charge >= 0.3 is 0 Å². The zero-order chi connectivity index (χ0) is 10.3. The Morgan fingerprint density at radius 2 is 2.11 bits per heavy atom. The fourth-order valence-corrected chi connectivity index (χ4v) is 0.545. The van der Waals surface area contributed by atoms with Crippen LogP contribution in [0.25, 0.3) is 0 Å². The first-order chi connectivity index (χ1) is 5.79. The van der Waals surface area contributed by atoms with Gasteiger partial charge in [-0.1, -0.05) is 0 Å². The molecule has 0 saturated carbocycles. The first kappa shape index (κ1) is 2.96. The van der Waals surface area contributed by atoms with Crippen LogP contribution in [0.1, 0.15) is 5.48 Å². The molecule has 1 heterocycles. The maximum Gasteiger partial charge on any atom is 0.0526 e. The van der Waals surface area contributed by atoms with Gasteiger partial charge in [0.05, 0.1) is 23.8 Å². The van der Waals surface area contributed by atoms with Gasteiger partial charge in [0.1, 0.15) is 0 Å². The Labute approximate surface area is 60.0 Å². The van der Waals surface area contributed by atoms with Gasteiger partial charge in [-0.15, -0.1) is 4.91 Å². The van der Waals surface area contributed by atoms with E-state index >= 15 is 0 Å². The standard InChI is InChI=1S/C5H11N3O/c1-7-2-4-8(6-9)5-3-7/h2-5H2,1H3/i4D2,5D2. The van der Waals surface area contributed by atoms with Crippen molar-refractivity contribution >= 4 is 0 Å². The van der Waals surface area contributed by atoms with Crippen molar-refractivity contribution in [2.45, 2.75) is 0 Å². The van der Waals surface area contributed by atoms with E-state index in [1.54, 1.807) is 7.05 Å². The molecular weight excluding hydrogens is 118 g/mol. The molecule has 0 unspecified atom stereocenters. The fourth-order valence-electron chi connectivity index (χ4n) is 0.545. The third-order valence-corrected chi connectivity index (χ3v) is 1.06. The van der Waals surface area contributed by atoms with E-state index < -0.39 is 13.0 Å². The minimum atomic E-state index is -2.04. The van der Waals surface area contributed by atoms with Gasteiger partial charge in [-0.2, -0.15) is 0 Å². The number of nitrogens with zero attached hydrogens (tertiary/aromatic N) is 3. The zero-order valence-corrected chi connectivity index (χ0v) is 5.16. The van der Waals surface area contributed by atoms with Crippen LogP contribution in [0.3, 0.4) is 0 Å². The predicted molar refractivity (Wildman–Crippen MR) is 34.9 cm³/mol.